The second kappa shape index (κ2) is 6.32. The molecule has 0 aliphatic carbocycles. The van der Waals surface area contributed by atoms with Gasteiger partial charge in [0.25, 0.3) is 5.91 Å². The molecule has 110 valence electrons. The Bertz CT molecular complexity index is 886. The lowest BCUT2D eigenvalue weighted by Crippen LogP contribution is -2.13. The fourth-order valence-corrected chi connectivity index (χ4v) is 2.81. The molecule has 2 aromatic heterocycles. The van der Waals surface area contributed by atoms with E-state index in [1.165, 1.54) is 0 Å². The van der Waals surface area contributed by atoms with Gasteiger partial charge in [0.15, 0.2) is 0 Å². The van der Waals surface area contributed by atoms with Crippen LogP contribution in [0, 0.1) is 0 Å². The number of benzene rings is 1. The molecule has 0 aliphatic heterocycles. The first kappa shape index (κ1) is 15.4. The Balaban J connectivity index is 2.00. The van der Waals surface area contributed by atoms with Crippen molar-refractivity contribution in [3.8, 4) is 0 Å². The van der Waals surface area contributed by atoms with E-state index in [4.69, 9.17) is 11.6 Å². The first-order valence-corrected chi connectivity index (χ1v) is 8.17. The van der Waals surface area contributed by atoms with Crippen LogP contribution in [0.5, 0.6) is 0 Å². The van der Waals surface area contributed by atoms with Crippen molar-refractivity contribution in [2.24, 2.45) is 0 Å². The zero-order chi connectivity index (χ0) is 15.7. The van der Waals surface area contributed by atoms with Crippen LogP contribution in [0.15, 0.2) is 51.8 Å². The van der Waals surface area contributed by atoms with Crippen molar-refractivity contribution in [2.45, 2.75) is 0 Å². The maximum atomic E-state index is 12.5. The van der Waals surface area contributed by atoms with Gasteiger partial charge in [0, 0.05) is 16.6 Å². The molecule has 1 N–H and O–H groups in total. The molecule has 0 bridgehead atoms. The van der Waals surface area contributed by atoms with Crippen molar-refractivity contribution < 1.29 is 4.79 Å². The molecule has 1 amide bonds. The van der Waals surface area contributed by atoms with Gasteiger partial charge in [-0.2, -0.15) is 0 Å². The normalized spacial score (nSPS) is 10.7. The van der Waals surface area contributed by atoms with Gasteiger partial charge >= 0.3 is 0 Å². The first-order chi connectivity index (χ1) is 10.5. The molecule has 0 unspecified atom stereocenters. The fourth-order valence-electron chi connectivity index (χ4n) is 2.02. The average molecular weight is 442 g/mol. The number of hydrogen-bond donors (Lipinski definition) is 1. The van der Waals surface area contributed by atoms with Gasteiger partial charge < -0.3 is 5.32 Å². The highest BCUT2D eigenvalue weighted by atomic mass is 79.9. The average Bonchev–Trinajstić information content (AvgIpc) is 2.50. The highest BCUT2D eigenvalue weighted by Gasteiger charge is 2.13. The summed E-state index contributed by atoms with van der Waals surface area (Å²) in [4.78, 5) is 20.9. The third-order valence-electron chi connectivity index (χ3n) is 2.97. The summed E-state index contributed by atoms with van der Waals surface area (Å²) in [5, 5.41) is 4.10. The Labute approximate surface area is 148 Å². The van der Waals surface area contributed by atoms with Gasteiger partial charge in [0.05, 0.1) is 27.4 Å². The number of hydrogen-bond acceptors (Lipinski definition) is 3. The second-order valence-electron chi connectivity index (χ2n) is 4.48. The topological polar surface area (TPSA) is 54.9 Å². The van der Waals surface area contributed by atoms with E-state index in [1.807, 2.05) is 6.07 Å². The SMILES string of the molecule is O=C(Nc1cnc(Br)c(Br)c1)c1cc(Cl)cc2cccnc12. The van der Waals surface area contributed by atoms with Crippen LogP contribution in [0.4, 0.5) is 5.69 Å². The van der Waals surface area contributed by atoms with E-state index in [0.717, 1.165) is 9.86 Å². The van der Waals surface area contributed by atoms with Gasteiger partial charge in [-0.05, 0) is 56.1 Å². The molecule has 0 aliphatic rings. The molecule has 0 fully saturated rings. The molecule has 22 heavy (non-hydrogen) atoms. The number of anilines is 1. The quantitative estimate of drug-likeness (QED) is 0.566. The number of aromatic nitrogens is 2. The predicted octanol–water partition coefficient (Wildman–Crippen LogP) is 5.06. The van der Waals surface area contributed by atoms with Crippen LogP contribution in [-0.4, -0.2) is 15.9 Å². The van der Waals surface area contributed by atoms with Crippen LogP contribution in [-0.2, 0) is 0 Å². The van der Waals surface area contributed by atoms with Crippen LogP contribution >= 0.6 is 43.5 Å². The van der Waals surface area contributed by atoms with Crippen molar-refractivity contribution in [1.82, 2.24) is 9.97 Å². The maximum Gasteiger partial charge on any atom is 0.257 e. The van der Waals surface area contributed by atoms with Crippen LogP contribution < -0.4 is 5.32 Å². The molecule has 2 heterocycles. The lowest BCUT2D eigenvalue weighted by molar-refractivity contribution is 0.102. The van der Waals surface area contributed by atoms with Crippen molar-refractivity contribution >= 4 is 66.0 Å². The number of fused-ring (bicyclic) bond motifs is 1. The van der Waals surface area contributed by atoms with Crippen molar-refractivity contribution in [3.05, 3.63) is 62.4 Å². The molecule has 3 aromatic rings. The second-order valence-corrected chi connectivity index (χ2v) is 6.52. The van der Waals surface area contributed by atoms with Crippen molar-refractivity contribution in [3.63, 3.8) is 0 Å². The minimum atomic E-state index is -0.290. The zero-order valence-electron chi connectivity index (χ0n) is 11.0. The summed E-state index contributed by atoms with van der Waals surface area (Å²) in [7, 11) is 0. The summed E-state index contributed by atoms with van der Waals surface area (Å²) in [5.41, 5.74) is 1.60. The number of amides is 1. The molecule has 3 rings (SSSR count). The summed E-state index contributed by atoms with van der Waals surface area (Å²) in [6, 6.07) is 8.81. The Morgan fingerprint density at radius 3 is 2.77 bits per heavy atom. The van der Waals surface area contributed by atoms with Gasteiger partial charge in [-0.15, -0.1) is 0 Å². The molecular weight excluding hydrogens is 433 g/mol. The Morgan fingerprint density at radius 2 is 2.00 bits per heavy atom. The van der Waals surface area contributed by atoms with E-state index < -0.39 is 0 Å². The largest absolute Gasteiger partial charge is 0.320 e. The number of carbonyl (C=O) groups is 1. The lowest BCUT2D eigenvalue weighted by Gasteiger charge is -2.08. The van der Waals surface area contributed by atoms with Crippen molar-refractivity contribution in [1.29, 1.82) is 0 Å². The van der Waals surface area contributed by atoms with Crippen LogP contribution in [0.1, 0.15) is 10.4 Å². The molecule has 0 radical (unpaired) electrons. The number of carbonyl (C=O) groups excluding carboxylic acids is 1. The minimum Gasteiger partial charge on any atom is -0.320 e. The van der Waals surface area contributed by atoms with Crippen LogP contribution in [0.2, 0.25) is 5.02 Å². The number of nitrogens with one attached hydrogen (secondary N) is 1. The van der Waals surface area contributed by atoms with E-state index in [1.54, 1.807) is 36.7 Å². The van der Waals surface area contributed by atoms with Gasteiger partial charge in [-0.1, -0.05) is 17.7 Å². The van der Waals surface area contributed by atoms with Crippen molar-refractivity contribution in [2.75, 3.05) is 5.32 Å². The molecule has 0 atom stereocenters. The molecule has 0 saturated heterocycles. The molecule has 0 spiro atoms. The first-order valence-electron chi connectivity index (χ1n) is 6.21. The van der Waals surface area contributed by atoms with E-state index in [2.05, 4.69) is 47.1 Å². The summed E-state index contributed by atoms with van der Waals surface area (Å²) in [6.07, 6.45) is 3.21. The molecule has 7 heteroatoms. The zero-order valence-corrected chi connectivity index (χ0v) is 14.9. The molecule has 4 nitrogen and oxygen atoms in total. The van der Waals surface area contributed by atoms with E-state index in [0.29, 0.717) is 26.4 Å². The van der Waals surface area contributed by atoms with Gasteiger partial charge in [-0.25, -0.2) is 4.98 Å². The number of pyridine rings is 2. The smallest absolute Gasteiger partial charge is 0.257 e. The lowest BCUT2D eigenvalue weighted by atomic mass is 10.1. The van der Waals surface area contributed by atoms with Crippen LogP contribution in [0.3, 0.4) is 0 Å². The minimum absolute atomic E-state index is 0.290. The predicted molar refractivity (Wildman–Crippen MR) is 94.3 cm³/mol. The molecule has 1 aromatic carbocycles. The third kappa shape index (κ3) is 3.14. The third-order valence-corrected chi connectivity index (χ3v) is 4.96. The molecule has 0 saturated carbocycles. The highest BCUT2D eigenvalue weighted by Crippen LogP contribution is 2.26. The van der Waals surface area contributed by atoms with E-state index in [9.17, 15) is 4.79 Å². The summed E-state index contributed by atoms with van der Waals surface area (Å²) in [6.45, 7) is 0. The molecular formula is C15H8Br2ClN3O. The van der Waals surface area contributed by atoms with Gasteiger partial charge in [0.1, 0.15) is 4.60 Å². The number of nitrogens with zero attached hydrogens (tertiary/aromatic N) is 2. The monoisotopic (exact) mass is 439 g/mol. The Morgan fingerprint density at radius 1 is 1.18 bits per heavy atom. The van der Waals surface area contributed by atoms with E-state index >= 15 is 0 Å². The fraction of sp³-hybridized carbons (Fsp3) is 0. The van der Waals surface area contributed by atoms with Crippen LogP contribution in [0.25, 0.3) is 10.9 Å². The summed E-state index contributed by atoms with van der Waals surface area (Å²) in [5.74, 6) is -0.290. The number of rotatable bonds is 2. The summed E-state index contributed by atoms with van der Waals surface area (Å²) < 4.78 is 1.42. The summed E-state index contributed by atoms with van der Waals surface area (Å²) >= 11 is 12.7. The number of halogens is 3. The standard InChI is InChI=1S/C15H8Br2ClN3O/c16-12-6-10(7-20-14(12)17)21-15(22)11-5-9(18)4-8-2-1-3-19-13(8)11/h1-7H,(H,21,22). The Kier molecular flexibility index (Phi) is 4.42. The van der Waals surface area contributed by atoms with E-state index in [-0.39, 0.29) is 5.91 Å². The highest BCUT2D eigenvalue weighted by molar-refractivity contribution is 9.13. The Hall–Kier alpha value is -1.50. The van der Waals surface area contributed by atoms with Gasteiger partial charge in [0.2, 0.25) is 0 Å². The van der Waals surface area contributed by atoms with Gasteiger partial charge in [-0.3, -0.25) is 9.78 Å². The maximum absolute atomic E-state index is 12.5.